The van der Waals surface area contributed by atoms with E-state index in [0.29, 0.717) is 18.4 Å². The molecule has 4 heteroatoms. The zero-order valence-corrected chi connectivity index (χ0v) is 11.5. The van der Waals surface area contributed by atoms with Crippen molar-refractivity contribution < 1.29 is 5.11 Å². The Bertz CT molecular complexity index is 678. The zero-order chi connectivity index (χ0) is 14.2. The number of nitriles is 1. The van der Waals surface area contributed by atoms with E-state index >= 15 is 0 Å². The third kappa shape index (κ3) is 2.21. The van der Waals surface area contributed by atoms with Gasteiger partial charge < -0.3 is 10.0 Å². The number of rotatable bonds is 1. The van der Waals surface area contributed by atoms with E-state index in [1.165, 1.54) is 0 Å². The summed E-state index contributed by atoms with van der Waals surface area (Å²) < 4.78 is 0. The first-order valence-corrected chi connectivity index (χ1v) is 6.86. The number of para-hydroxylation sites is 1. The fraction of sp³-hybridized carbons (Fsp3) is 0.375. The smallest absolute Gasteiger partial charge is 0.103 e. The van der Waals surface area contributed by atoms with Crippen molar-refractivity contribution in [3.63, 3.8) is 0 Å². The summed E-state index contributed by atoms with van der Waals surface area (Å²) in [6.07, 6.45) is 3.08. The summed E-state index contributed by atoms with van der Waals surface area (Å²) in [6.45, 7) is 3.39. The molecule has 3 rings (SSSR count). The maximum atomic E-state index is 10.1. The highest BCUT2D eigenvalue weighted by molar-refractivity contribution is 5.94. The number of pyridine rings is 1. The molecule has 1 fully saturated rings. The molecule has 0 unspecified atom stereocenters. The molecule has 0 amide bonds. The first-order chi connectivity index (χ1) is 9.61. The molecule has 2 heterocycles. The van der Waals surface area contributed by atoms with Crippen molar-refractivity contribution >= 4 is 16.6 Å². The summed E-state index contributed by atoms with van der Waals surface area (Å²) in [6, 6.07) is 10.1. The Morgan fingerprint density at radius 1 is 1.30 bits per heavy atom. The molecular weight excluding hydrogens is 250 g/mol. The van der Waals surface area contributed by atoms with Gasteiger partial charge in [0.05, 0.1) is 22.4 Å². The van der Waals surface area contributed by atoms with E-state index in [1.807, 2.05) is 31.2 Å². The lowest BCUT2D eigenvalue weighted by molar-refractivity contribution is 0.0352. The minimum Gasteiger partial charge on any atom is -0.390 e. The fourth-order valence-corrected chi connectivity index (χ4v) is 2.76. The van der Waals surface area contributed by atoms with Crippen LogP contribution in [0.15, 0.2) is 30.5 Å². The minimum atomic E-state index is -0.591. The van der Waals surface area contributed by atoms with Crippen molar-refractivity contribution in [1.82, 2.24) is 4.98 Å². The number of benzene rings is 1. The Morgan fingerprint density at radius 3 is 2.70 bits per heavy atom. The van der Waals surface area contributed by atoms with Crippen LogP contribution in [0.5, 0.6) is 0 Å². The number of anilines is 1. The molecule has 1 aromatic heterocycles. The summed E-state index contributed by atoms with van der Waals surface area (Å²) in [5, 5.41) is 20.4. The van der Waals surface area contributed by atoms with Gasteiger partial charge >= 0.3 is 0 Å². The maximum Gasteiger partial charge on any atom is 0.103 e. The molecule has 1 saturated heterocycles. The Kier molecular flexibility index (Phi) is 3.07. The molecule has 20 heavy (non-hydrogen) atoms. The van der Waals surface area contributed by atoms with Gasteiger partial charge in [0, 0.05) is 24.7 Å². The number of piperidine rings is 1. The minimum absolute atomic E-state index is 0.591. The maximum absolute atomic E-state index is 10.1. The quantitative estimate of drug-likeness (QED) is 0.862. The van der Waals surface area contributed by atoms with E-state index in [-0.39, 0.29) is 0 Å². The molecule has 4 nitrogen and oxygen atoms in total. The number of hydrogen-bond donors (Lipinski definition) is 1. The van der Waals surface area contributed by atoms with Crippen LogP contribution in [-0.4, -0.2) is 28.8 Å². The number of fused-ring (bicyclic) bond motifs is 1. The van der Waals surface area contributed by atoms with E-state index in [0.717, 1.165) is 29.7 Å². The summed E-state index contributed by atoms with van der Waals surface area (Å²) >= 11 is 0. The molecule has 0 saturated carbocycles. The molecule has 2 aromatic rings. The van der Waals surface area contributed by atoms with Gasteiger partial charge in [0.1, 0.15) is 6.07 Å². The zero-order valence-electron chi connectivity index (χ0n) is 11.5. The molecule has 102 valence electrons. The van der Waals surface area contributed by atoms with E-state index in [9.17, 15) is 10.4 Å². The number of nitrogens with zero attached hydrogens (tertiary/aromatic N) is 3. The van der Waals surface area contributed by atoms with Gasteiger partial charge in [-0.3, -0.25) is 4.98 Å². The molecule has 0 radical (unpaired) electrons. The molecule has 1 aliphatic rings. The largest absolute Gasteiger partial charge is 0.390 e. The predicted molar refractivity (Wildman–Crippen MR) is 78.5 cm³/mol. The second-order valence-electron chi connectivity index (χ2n) is 5.63. The van der Waals surface area contributed by atoms with Crippen LogP contribution in [-0.2, 0) is 0 Å². The molecular formula is C16H17N3O. The lowest BCUT2D eigenvalue weighted by atomic mass is 9.93. The van der Waals surface area contributed by atoms with Gasteiger partial charge in [-0.1, -0.05) is 18.2 Å². The van der Waals surface area contributed by atoms with E-state index < -0.39 is 5.60 Å². The first kappa shape index (κ1) is 12.9. The molecule has 0 aliphatic carbocycles. The fourth-order valence-electron chi connectivity index (χ4n) is 2.76. The first-order valence-electron chi connectivity index (χ1n) is 6.86. The van der Waals surface area contributed by atoms with Gasteiger partial charge in [-0.15, -0.1) is 0 Å². The molecule has 0 bridgehead atoms. The number of aliphatic hydroxyl groups is 1. The lowest BCUT2D eigenvalue weighted by Crippen LogP contribution is -2.42. The SMILES string of the molecule is CC1(O)CCN(c2c(C#N)cnc3ccccc23)CC1. The van der Waals surface area contributed by atoms with Gasteiger partial charge in [0.25, 0.3) is 0 Å². The molecule has 0 atom stereocenters. The molecule has 1 aliphatic heterocycles. The van der Waals surface area contributed by atoms with Crippen LogP contribution in [0.2, 0.25) is 0 Å². The van der Waals surface area contributed by atoms with Crippen molar-refractivity contribution in [2.45, 2.75) is 25.4 Å². The standard InChI is InChI=1S/C16H17N3O/c1-16(20)6-8-19(9-7-16)15-12(10-17)11-18-14-5-3-2-4-13(14)15/h2-5,11,20H,6-9H2,1H3. The second-order valence-corrected chi connectivity index (χ2v) is 5.63. The lowest BCUT2D eigenvalue weighted by Gasteiger charge is -2.37. The van der Waals surface area contributed by atoms with Crippen LogP contribution in [0.3, 0.4) is 0 Å². The highest BCUT2D eigenvalue weighted by atomic mass is 16.3. The van der Waals surface area contributed by atoms with Crippen molar-refractivity contribution in [2.24, 2.45) is 0 Å². The van der Waals surface area contributed by atoms with Crippen molar-refractivity contribution in [3.05, 3.63) is 36.0 Å². The van der Waals surface area contributed by atoms with Crippen LogP contribution in [0.25, 0.3) is 10.9 Å². The summed E-state index contributed by atoms with van der Waals surface area (Å²) in [5.41, 5.74) is 1.87. The predicted octanol–water partition coefficient (Wildman–Crippen LogP) is 2.46. The monoisotopic (exact) mass is 267 g/mol. The molecule has 0 spiro atoms. The third-order valence-electron chi connectivity index (χ3n) is 4.02. The van der Waals surface area contributed by atoms with Crippen LogP contribution in [0.1, 0.15) is 25.3 Å². The van der Waals surface area contributed by atoms with Gasteiger partial charge in [0.2, 0.25) is 0 Å². The highest BCUT2D eigenvalue weighted by Crippen LogP contribution is 2.33. The summed E-state index contributed by atoms with van der Waals surface area (Å²) in [4.78, 5) is 6.53. The van der Waals surface area contributed by atoms with Crippen LogP contribution < -0.4 is 4.90 Å². The van der Waals surface area contributed by atoms with Gasteiger partial charge in [-0.05, 0) is 25.8 Å². The van der Waals surface area contributed by atoms with Crippen molar-refractivity contribution in [1.29, 1.82) is 5.26 Å². The molecule has 1 aromatic carbocycles. The van der Waals surface area contributed by atoms with Crippen molar-refractivity contribution in [3.8, 4) is 6.07 Å². The van der Waals surface area contributed by atoms with Gasteiger partial charge in [-0.2, -0.15) is 5.26 Å². The average molecular weight is 267 g/mol. The topological polar surface area (TPSA) is 60.1 Å². The van der Waals surface area contributed by atoms with Gasteiger partial charge in [0.15, 0.2) is 0 Å². The highest BCUT2D eigenvalue weighted by Gasteiger charge is 2.29. The Balaban J connectivity index is 2.08. The van der Waals surface area contributed by atoms with E-state index in [4.69, 9.17) is 0 Å². The van der Waals surface area contributed by atoms with Crippen LogP contribution >= 0.6 is 0 Å². The third-order valence-corrected chi connectivity index (χ3v) is 4.02. The van der Waals surface area contributed by atoms with Crippen LogP contribution in [0, 0.1) is 11.3 Å². The second kappa shape index (κ2) is 4.77. The Labute approximate surface area is 118 Å². The van der Waals surface area contributed by atoms with Gasteiger partial charge in [-0.25, -0.2) is 0 Å². The molecule has 1 N–H and O–H groups in total. The Morgan fingerprint density at radius 2 is 2.00 bits per heavy atom. The van der Waals surface area contributed by atoms with Crippen molar-refractivity contribution in [2.75, 3.05) is 18.0 Å². The van der Waals surface area contributed by atoms with E-state index in [2.05, 4.69) is 16.0 Å². The normalized spacial score (nSPS) is 17.9. The van der Waals surface area contributed by atoms with Crippen LogP contribution in [0.4, 0.5) is 5.69 Å². The summed E-state index contributed by atoms with van der Waals surface area (Å²) in [7, 11) is 0. The average Bonchev–Trinajstić information content (AvgIpc) is 2.46. The van der Waals surface area contributed by atoms with E-state index in [1.54, 1.807) is 6.20 Å². The summed E-state index contributed by atoms with van der Waals surface area (Å²) in [5.74, 6) is 0. The number of aromatic nitrogens is 1. The number of hydrogen-bond acceptors (Lipinski definition) is 4. The Hall–Kier alpha value is -2.12.